The van der Waals surface area contributed by atoms with Crippen LogP contribution in [0.4, 0.5) is 32.6 Å². The van der Waals surface area contributed by atoms with E-state index >= 15 is 0 Å². The molecular formula is C49H60Cl4N16O14S2. The SMILES string of the molecule is CCNC(=O)[C@H]1O[C@@H](n2cnc3c(NC(=O)Nc4ccc(S(=O)(=O)N(CCCl)CCCl)cc4)ncnc32)[C@@H]2OC(C)(C)O[C@@H]21.CCNC(=O)[C@H]1O[C@@H](n2cnc3c(NC(=O)Nc4ccc(S(=O)(=O)N(CCCl)CCCl)cc4)ncnc32)[C@H](O)[C@@H]1O. The van der Waals surface area contributed by atoms with Gasteiger partial charge in [-0.25, -0.2) is 56.3 Å². The van der Waals surface area contributed by atoms with Crippen LogP contribution in [0.5, 0.6) is 0 Å². The number of urea groups is 2. The number of carbonyl (C=O) groups excluding carboxylic acids is 4. The number of rotatable bonds is 22. The van der Waals surface area contributed by atoms with E-state index in [0.717, 1.165) is 6.33 Å². The van der Waals surface area contributed by atoms with Crippen molar-refractivity contribution in [3.63, 3.8) is 0 Å². The zero-order valence-electron chi connectivity index (χ0n) is 45.7. The fourth-order valence-electron chi connectivity index (χ4n) is 9.27. The summed E-state index contributed by atoms with van der Waals surface area (Å²) in [6.45, 7) is 8.21. The van der Waals surface area contributed by atoms with Crippen LogP contribution in [0.25, 0.3) is 22.3 Å². The van der Waals surface area contributed by atoms with Gasteiger partial charge in [0.15, 0.2) is 64.4 Å². The molecule has 0 unspecified atom stereocenters. The van der Waals surface area contributed by atoms with Gasteiger partial charge in [-0.3, -0.25) is 29.4 Å². The molecule has 3 fully saturated rings. The number of benzene rings is 2. The first-order valence-electron chi connectivity index (χ1n) is 26.1. The van der Waals surface area contributed by atoms with Gasteiger partial charge in [-0.1, -0.05) is 0 Å². The number of aromatic nitrogens is 8. The summed E-state index contributed by atoms with van der Waals surface area (Å²) in [7, 11) is -7.64. The number of ether oxygens (including phenoxy) is 4. The lowest BCUT2D eigenvalue weighted by molar-refractivity contribution is -0.197. The number of anilines is 4. The van der Waals surface area contributed by atoms with E-state index in [4.69, 9.17) is 65.4 Å². The van der Waals surface area contributed by atoms with Crippen molar-refractivity contribution in [3.8, 4) is 0 Å². The van der Waals surface area contributed by atoms with Crippen molar-refractivity contribution < 1.29 is 65.2 Å². The van der Waals surface area contributed by atoms with Crippen LogP contribution in [0, 0.1) is 0 Å². The Morgan fingerprint density at radius 3 is 1.39 bits per heavy atom. The Hall–Kier alpha value is -6.24. The number of hydrogen-bond donors (Lipinski definition) is 8. The molecule has 9 rings (SSSR count). The van der Waals surface area contributed by atoms with Gasteiger partial charge in [0, 0.05) is 74.2 Å². The van der Waals surface area contributed by atoms with Crippen molar-refractivity contribution in [1.82, 2.24) is 58.3 Å². The minimum absolute atomic E-state index is 0.0117. The molecule has 0 radical (unpaired) electrons. The molecule has 6 aromatic rings. The molecule has 6 amide bonds. The van der Waals surface area contributed by atoms with Gasteiger partial charge in [0.05, 0.1) is 22.4 Å². The smallest absolute Gasteiger partial charge is 0.324 e. The molecule has 85 heavy (non-hydrogen) atoms. The van der Waals surface area contributed by atoms with Gasteiger partial charge in [0.2, 0.25) is 20.0 Å². The second-order valence-electron chi connectivity index (χ2n) is 19.1. The molecular weight excluding hydrogens is 1240 g/mol. The molecule has 0 spiro atoms. The number of sulfonamides is 2. The molecule has 7 heterocycles. The number of hydrogen-bond acceptors (Lipinski definition) is 20. The van der Waals surface area contributed by atoms with Gasteiger partial charge < -0.3 is 50.4 Å². The molecule has 4 aromatic heterocycles. The van der Waals surface area contributed by atoms with E-state index in [1.165, 1.54) is 80.7 Å². The average Bonchev–Trinajstić information content (AvgIpc) is 1.74. The Morgan fingerprint density at radius 2 is 0.965 bits per heavy atom. The zero-order chi connectivity index (χ0) is 61.4. The number of nitrogens with one attached hydrogen (secondary N) is 6. The summed E-state index contributed by atoms with van der Waals surface area (Å²) in [6.07, 6.45) is -3.28. The lowest BCUT2D eigenvalue weighted by Crippen LogP contribution is -2.42. The number of imidazole rings is 2. The standard InChI is InChI=1S/C26H32Cl2N8O7S.C23H28Cl2N8O7S/c1-4-29-23(37)19-18-20(43-26(2,3)42-18)24(41-19)36-14-32-17-21(30-13-31-22(17)36)34-25(38)33-15-5-7-16(8-6-15)44(39,40)35(11-9-27)12-10-28;1-2-26-21(36)18-16(34)17(35)22(40-18)33-12-29-15-19(27-11-28-20(15)33)31-23(37)30-13-3-5-14(6-4-13)41(38,39)32(9-7-24)10-8-25/h5-8,13-14,18-20,24H,4,9-12H2,1-3H3,(H,29,37)(H2,30,31,33,34,38);3-6,11-12,16-18,22,34-35H,2,7-10H2,1H3,(H,26,36)(H2,27,28,30,31,37)/t18-,19+,20-,24-;16-,17+,18-,22+/m10/s1. The highest BCUT2D eigenvalue weighted by Gasteiger charge is 2.58. The van der Waals surface area contributed by atoms with Crippen molar-refractivity contribution in [3.05, 3.63) is 73.8 Å². The van der Waals surface area contributed by atoms with E-state index in [2.05, 4.69) is 61.8 Å². The third-order valence-electron chi connectivity index (χ3n) is 13.1. The number of amides is 6. The normalized spacial score (nSPS) is 21.8. The second-order valence-corrected chi connectivity index (χ2v) is 24.5. The largest absolute Gasteiger partial charge is 0.387 e. The predicted octanol–water partition coefficient (Wildman–Crippen LogP) is 3.19. The maximum absolute atomic E-state index is 12.9. The summed E-state index contributed by atoms with van der Waals surface area (Å²) in [5.74, 6) is -1.24. The molecule has 3 aliphatic rings. The van der Waals surface area contributed by atoms with Crippen molar-refractivity contribution in [2.45, 2.75) is 92.4 Å². The summed E-state index contributed by atoms with van der Waals surface area (Å²) < 4.78 is 80.7. The van der Waals surface area contributed by atoms with E-state index in [1.54, 1.807) is 25.3 Å². The fourth-order valence-corrected chi connectivity index (χ4v) is 13.4. The van der Waals surface area contributed by atoms with Crippen molar-refractivity contribution in [2.75, 3.05) is 84.1 Å². The second kappa shape index (κ2) is 28.1. The summed E-state index contributed by atoms with van der Waals surface area (Å²) in [5, 5.41) is 36.6. The number of aliphatic hydroxyl groups excluding tert-OH is 2. The van der Waals surface area contributed by atoms with Gasteiger partial charge in [0.25, 0.3) is 11.8 Å². The summed E-state index contributed by atoms with van der Waals surface area (Å²) in [4.78, 5) is 75.8. The molecule has 0 bridgehead atoms. The topological polar surface area (TPSA) is 380 Å². The highest BCUT2D eigenvalue weighted by molar-refractivity contribution is 7.89. The van der Waals surface area contributed by atoms with E-state index in [9.17, 15) is 46.2 Å². The third kappa shape index (κ3) is 14.4. The Bertz CT molecular complexity index is 3560. The van der Waals surface area contributed by atoms with E-state index in [-0.39, 0.29) is 93.7 Å². The van der Waals surface area contributed by atoms with E-state index in [1.807, 2.05) is 6.92 Å². The average molecular weight is 1300 g/mol. The number of alkyl halides is 4. The third-order valence-corrected chi connectivity index (χ3v) is 17.6. The first-order chi connectivity index (χ1) is 40.6. The van der Waals surface area contributed by atoms with Crippen molar-refractivity contribution in [1.29, 1.82) is 0 Å². The van der Waals surface area contributed by atoms with Gasteiger partial charge >= 0.3 is 12.1 Å². The Kier molecular flexibility index (Phi) is 21.4. The number of fused-ring (bicyclic) bond motifs is 3. The number of likely N-dealkylation sites (N-methyl/N-ethyl adjacent to an activating group) is 2. The Morgan fingerprint density at radius 1 is 0.565 bits per heavy atom. The quantitative estimate of drug-likeness (QED) is 0.0452. The lowest BCUT2D eigenvalue weighted by Gasteiger charge is -2.24. The van der Waals surface area contributed by atoms with Crippen LogP contribution in [-0.2, 0) is 48.6 Å². The van der Waals surface area contributed by atoms with Gasteiger partial charge in [-0.2, -0.15) is 8.61 Å². The lowest BCUT2D eigenvalue weighted by atomic mass is 10.1. The monoisotopic (exact) mass is 1300 g/mol. The molecule has 0 saturated carbocycles. The summed E-state index contributed by atoms with van der Waals surface area (Å²) >= 11 is 23.0. The molecule has 30 nitrogen and oxygen atoms in total. The van der Waals surface area contributed by atoms with Crippen LogP contribution >= 0.6 is 46.4 Å². The van der Waals surface area contributed by atoms with Gasteiger partial charge in [-0.05, 0) is 76.2 Å². The Balaban J connectivity index is 0.000000222. The van der Waals surface area contributed by atoms with Crippen LogP contribution in [0.15, 0.2) is 83.6 Å². The van der Waals surface area contributed by atoms with Crippen molar-refractivity contribution in [2.24, 2.45) is 0 Å². The van der Waals surface area contributed by atoms with E-state index < -0.39 is 92.9 Å². The molecule has 0 aliphatic carbocycles. The highest BCUT2D eigenvalue weighted by Crippen LogP contribution is 2.44. The molecule has 36 heteroatoms. The first kappa shape index (κ1) is 64.8. The molecule has 8 atom stereocenters. The van der Waals surface area contributed by atoms with Crippen LogP contribution in [0.2, 0.25) is 0 Å². The molecule has 2 aromatic carbocycles. The van der Waals surface area contributed by atoms with Gasteiger partial charge in [-0.15, -0.1) is 46.4 Å². The number of halogens is 4. The number of nitrogens with zero attached hydrogens (tertiary/aromatic N) is 10. The molecule has 8 N–H and O–H groups in total. The van der Waals surface area contributed by atoms with Crippen molar-refractivity contribution >= 4 is 136 Å². The number of carbonyl (C=O) groups is 4. The van der Waals surface area contributed by atoms with Crippen LogP contribution in [0.3, 0.4) is 0 Å². The molecule has 3 aliphatic heterocycles. The predicted molar refractivity (Wildman–Crippen MR) is 310 cm³/mol. The van der Waals surface area contributed by atoms with E-state index in [0.29, 0.717) is 30.1 Å². The maximum atomic E-state index is 12.9. The number of aliphatic hydroxyl groups is 2. The minimum Gasteiger partial charge on any atom is -0.387 e. The maximum Gasteiger partial charge on any atom is 0.324 e. The summed E-state index contributed by atoms with van der Waals surface area (Å²) in [6, 6.07) is 9.86. The Labute approximate surface area is 506 Å². The molecule has 3 saturated heterocycles. The fraction of sp³-hybridized carbons (Fsp3) is 0.469. The van der Waals surface area contributed by atoms with Crippen LogP contribution in [0.1, 0.15) is 40.2 Å². The van der Waals surface area contributed by atoms with Crippen LogP contribution in [-0.4, -0.2) is 204 Å². The highest BCUT2D eigenvalue weighted by atomic mass is 35.5. The first-order valence-corrected chi connectivity index (χ1v) is 31.2. The molecule has 460 valence electrons. The summed E-state index contributed by atoms with van der Waals surface area (Å²) in [5.41, 5.74) is 1.54. The van der Waals surface area contributed by atoms with Crippen LogP contribution < -0.4 is 31.9 Å². The zero-order valence-corrected chi connectivity index (χ0v) is 50.4. The minimum atomic E-state index is -3.82. The van der Waals surface area contributed by atoms with Gasteiger partial charge in [0.1, 0.15) is 37.1 Å².